The Morgan fingerprint density at radius 3 is 2.68 bits per heavy atom. The molecule has 2 amide bonds. The van der Waals surface area contributed by atoms with Gasteiger partial charge in [-0.15, -0.1) is 11.3 Å². The summed E-state index contributed by atoms with van der Waals surface area (Å²) in [6.07, 6.45) is 1.61. The number of halogens is 1. The molecule has 9 heteroatoms. The number of hydrogen-bond acceptors (Lipinski definition) is 7. The number of thiophene rings is 1. The van der Waals surface area contributed by atoms with Gasteiger partial charge in [0, 0.05) is 12.0 Å². The zero-order valence-electron chi connectivity index (χ0n) is 14.5. The molecule has 0 spiro atoms. The summed E-state index contributed by atoms with van der Waals surface area (Å²) in [6.45, 7) is -0.553. The van der Waals surface area contributed by atoms with Gasteiger partial charge in [0.05, 0.1) is 17.5 Å². The van der Waals surface area contributed by atoms with Crippen molar-refractivity contribution in [1.82, 2.24) is 10.3 Å². The van der Waals surface area contributed by atoms with E-state index < -0.39 is 24.4 Å². The van der Waals surface area contributed by atoms with Crippen LogP contribution in [0.3, 0.4) is 0 Å². The maximum atomic E-state index is 12.9. The third-order valence-corrected chi connectivity index (χ3v) is 4.46. The molecule has 0 unspecified atom stereocenters. The number of rotatable bonds is 7. The maximum absolute atomic E-state index is 12.9. The van der Waals surface area contributed by atoms with Crippen molar-refractivity contribution in [2.24, 2.45) is 0 Å². The topological polar surface area (TPSA) is 98.5 Å². The Morgan fingerprint density at radius 2 is 1.96 bits per heavy atom. The van der Waals surface area contributed by atoms with Gasteiger partial charge in [-0.2, -0.15) is 0 Å². The lowest BCUT2D eigenvalue weighted by Gasteiger charge is -2.04. The molecule has 7 nitrogen and oxygen atoms in total. The van der Waals surface area contributed by atoms with Crippen LogP contribution >= 0.6 is 11.3 Å². The van der Waals surface area contributed by atoms with E-state index in [1.807, 2.05) is 0 Å². The first-order valence-electron chi connectivity index (χ1n) is 8.25. The maximum Gasteiger partial charge on any atom is 0.306 e. The second-order valence-corrected chi connectivity index (χ2v) is 6.59. The van der Waals surface area contributed by atoms with Crippen molar-refractivity contribution in [1.29, 1.82) is 0 Å². The van der Waals surface area contributed by atoms with Crippen molar-refractivity contribution in [3.8, 4) is 11.3 Å². The monoisotopic (exact) mass is 402 g/mol. The number of aryl methyl sites for hydroxylation is 1. The van der Waals surface area contributed by atoms with E-state index in [4.69, 9.17) is 9.15 Å². The molecule has 0 saturated carbocycles. The molecular weight excluding hydrogens is 387 g/mol. The number of aromatic nitrogens is 1. The lowest BCUT2D eigenvalue weighted by Crippen LogP contribution is -2.33. The number of oxazole rings is 1. The van der Waals surface area contributed by atoms with Crippen molar-refractivity contribution in [3.63, 3.8) is 0 Å². The van der Waals surface area contributed by atoms with E-state index >= 15 is 0 Å². The van der Waals surface area contributed by atoms with Crippen LogP contribution in [-0.2, 0) is 20.7 Å². The van der Waals surface area contributed by atoms with Crippen LogP contribution in [0.15, 0.2) is 52.4 Å². The highest BCUT2D eigenvalue weighted by Gasteiger charge is 2.14. The summed E-state index contributed by atoms with van der Waals surface area (Å²) in [6, 6.07) is 9.00. The van der Waals surface area contributed by atoms with E-state index in [1.54, 1.807) is 29.6 Å². The molecule has 2 aromatic heterocycles. The quantitative estimate of drug-likeness (QED) is 0.610. The first-order valence-corrected chi connectivity index (χ1v) is 9.13. The minimum atomic E-state index is -0.707. The minimum Gasteiger partial charge on any atom is -0.456 e. The summed E-state index contributed by atoms with van der Waals surface area (Å²) in [4.78, 5) is 39.6. The second kappa shape index (κ2) is 9.05. The van der Waals surface area contributed by atoms with Gasteiger partial charge < -0.3 is 9.15 Å². The van der Waals surface area contributed by atoms with Crippen LogP contribution in [-0.4, -0.2) is 29.4 Å². The zero-order chi connectivity index (χ0) is 19.9. The molecule has 3 rings (SSSR count). The standard InChI is InChI=1S/C19H15FN2O5S/c20-13-5-3-12(4-6-13)14-10-21-17(27-14)7-8-18(24)26-11-16(23)22-19(25)15-2-1-9-28-15/h1-6,9-10H,7-8,11H2,(H,22,23,25). The Kier molecular flexibility index (Phi) is 6.28. The smallest absolute Gasteiger partial charge is 0.306 e. The molecule has 1 N–H and O–H groups in total. The number of nitrogens with zero attached hydrogens (tertiary/aromatic N) is 1. The van der Waals surface area contributed by atoms with Gasteiger partial charge in [-0.3, -0.25) is 19.7 Å². The Labute approximate surface area is 163 Å². The van der Waals surface area contributed by atoms with Gasteiger partial charge in [0.25, 0.3) is 11.8 Å². The lowest BCUT2D eigenvalue weighted by atomic mass is 10.2. The van der Waals surface area contributed by atoms with E-state index in [-0.39, 0.29) is 18.7 Å². The lowest BCUT2D eigenvalue weighted by molar-refractivity contribution is -0.148. The molecule has 0 radical (unpaired) electrons. The molecular formula is C19H15FN2O5S. The molecule has 0 atom stereocenters. The zero-order valence-corrected chi connectivity index (χ0v) is 15.3. The minimum absolute atomic E-state index is 0.0461. The van der Waals surface area contributed by atoms with Crippen LogP contribution < -0.4 is 5.32 Å². The van der Waals surface area contributed by atoms with Gasteiger partial charge in [-0.1, -0.05) is 6.07 Å². The number of carbonyl (C=O) groups is 3. The summed E-state index contributed by atoms with van der Waals surface area (Å²) >= 11 is 1.20. The van der Waals surface area contributed by atoms with E-state index in [0.29, 0.717) is 22.1 Å². The molecule has 2 heterocycles. The summed E-state index contributed by atoms with van der Waals surface area (Å²) in [5.41, 5.74) is 0.662. The van der Waals surface area contributed by atoms with Crippen LogP contribution in [0.2, 0.25) is 0 Å². The summed E-state index contributed by atoms with van der Waals surface area (Å²) < 4.78 is 23.3. The van der Waals surface area contributed by atoms with Crippen LogP contribution in [0.5, 0.6) is 0 Å². The number of carbonyl (C=O) groups excluding carboxylic acids is 3. The second-order valence-electron chi connectivity index (χ2n) is 5.64. The van der Waals surface area contributed by atoms with Crippen molar-refractivity contribution in [2.75, 3.05) is 6.61 Å². The summed E-state index contributed by atoms with van der Waals surface area (Å²) in [7, 11) is 0. The summed E-state index contributed by atoms with van der Waals surface area (Å²) in [5, 5.41) is 3.85. The van der Waals surface area contributed by atoms with Crippen molar-refractivity contribution < 1.29 is 27.9 Å². The third kappa shape index (κ3) is 5.34. The fourth-order valence-electron chi connectivity index (χ4n) is 2.23. The average Bonchev–Trinajstić information content (AvgIpc) is 3.37. The fourth-order valence-corrected chi connectivity index (χ4v) is 2.85. The Bertz CT molecular complexity index is 967. The Balaban J connectivity index is 1.41. The van der Waals surface area contributed by atoms with E-state index in [9.17, 15) is 18.8 Å². The molecule has 0 fully saturated rings. The van der Waals surface area contributed by atoms with Crippen molar-refractivity contribution in [3.05, 3.63) is 64.6 Å². The molecule has 0 saturated heterocycles. The van der Waals surface area contributed by atoms with E-state index in [1.165, 1.54) is 29.7 Å². The molecule has 0 aliphatic carbocycles. The van der Waals surface area contributed by atoms with Crippen LogP contribution in [0.25, 0.3) is 11.3 Å². The van der Waals surface area contributed by atoms with Gasteiger partial charge in [0.2, 0.25) is 0 Å². The third-order valence-electron chi connectivity index (χ3n) is 3.59. The number of esters is 1. The van der Waals surface area contributed by atoms with Gasteiger partial charge >= 0.3 is 5.97 Å². The fraction of sp³-hybridized carbons (Fsp3) is 0.158. The van der Waals surface area contributed by atoms with Crippen LogP contribution in [0, 0.1) is 5.82 Å². The van der Waals surface area contributed by atoms with Crippen molar-refractivity contribution >= 4 is 29.1 Å². The number of imide groups is 1. The van der Waals surface area contributed by atoms with Gasteiger partial charge in [0.1, 0.15) is 5.82 Å². The number of nitrogens with one attached hydrogen (secondary N) is 1. The SMILES string of the molecule is O=C(COC(=O)CCc1ncc(-c2ccc(F)cc2)o1)NC(=O)c1cccs1. The normalized spacial score (nSPS) is 10.5. The Hall–Kier alpha value is -3.33. The molecule has 28 heavy (non-hydrogen) atoms. The van der Waals surface area contributed by atoms with Gasteiger partial charge in [0.15, 0.2) is 18.3 Å². The summed E-state index contributed by atoms with van der Waals surface area (Å²) in [5.74, 6) is -1.46. The number of benzene rings is 1. The first-order chi connectivity index (χ1) is 13.5. The van der Waals surface area contributed by atoms with Gasteiger partial charge in [-0.25, -0.2) is 9.37 Å². The first kappa shape index (κ1) is 19.4. The number of hydrogen-bond donors (Lipinski definition) is 1. The van der Waals surface area contributed by atoms with Crippen LogP contribution in [0.4, 0.5) is 4.39 Å². The molecule has 0 bridgehead atoms. The highest BCUT2D eigenvalue weighted by Crippen LogP contribution is 2.21. The molecule has 1 aromatic carbocycles. The van der Waals surface area contributed by atoms with Gasteiger partial charge in [-0.05, 0) is 35.7 Å². The number of amides is 2. The molecule has 0 aliphatic heterocycles. The van der Waals surface area contributed by atoms with Crippen LogP contribution in [0.1, 0.15) is 22.0 Å². The molecule has 144 valence electrons. The van der Waals surface area contributed by atoms with E-state index in [2.05, 4.69) is 10.3 Å². The largest absolute Gasteiger partial charge is 0.456 e. The number of ether oxygens (including phenoxy) is 1. The Morgan fingerprint density at radius 1 is 1.18 bits per heavy atom. The highest BCUT2D eigenvalue weighted by atomic mass is 32.1. The average molecular weight is 402 g/mol. The molecule has 3 aromatic rings. The van der Waals surface area contributed by atoms with Crippen molar-refractivity contribution in [2.45, 2.75) is 12.8 Å². The molecule has 0 aliphatic rings. The predicted molar refractivity (Wildman–Crippen MR) is 98.0 cm³/mol. The highest BCUT2D eigenvalue weighted by molar-refractivity contribution is 7.12. The predicted octanol–water partition coefficient (Wildman–Crippen LogP) is 2.97. The van der Waals surface area contributed by atoms with E-state index in [0.717, 1.165) is 0 Å².